The van der Waals surface area contributed by atoms with Crippen LogP contribution in [0, 0.1) is 6.92 Å². The number of benzene rings is 3. The highest BCUT2D eigenvalue weighted by Crippen LogP contribution is 2.42. The Morgan fingerprint density at radius 1 is 0.902 bits per heavy atom. The number of nitrogens with zero attached hydrogens (tertiary/aromatic N) is 2. The van der Waals surface area contributed by atoms with Gasteiger partial charge in [0.05, 0.1) is 25.8 Å². The van der Waals surface area contributed by atoms with Crippen LogP contribution in [0.3, 0.4) is 0 Å². The van der Waals surface area contributed by atoms with Crippen molar-refractivity contribution in [3.05, 3.63) is 125 Å². The van der Waals surface area contributed by atoms with Crippen LogP contribution in [-0.4, -0.2) is 40.9 Å². The molecule has 0 aliphatic carbocycles. The van der Waals surface area contributed by atoms with E-state index in [0.29, 0.717) is 35.0 Å². The summed E-state index contributed by atoms with van der Waals surface area (Å²) in [6, 6.07) is 22.7. The van der Waals surface area contributed by atoms with Crippen LogP contribution in [0.15, 0.2) is 96.8 Å². The minimum Gasteiger partial charge on any atom is -0.507 e. The number of hydrogen-bond acceptors (Lipinski definition) is 7. The molecule has 4 aromatic rings. The zero-order valence-electron chi connectivity index (χ0n) is 23.0. The van der Waals surface area contributed by atoms with Crippen LogP contribution in [0.25, 0.3) is 5.76 Å². The Morgan fingerprint density at radius 3 is 2.34 bits per heavy atom. The Kier molecular flexibility index (Phi) is 8.01. The number of aliphatic hydroxyl groups excluding tert-OH is 1. The van der Waals surface area contributed by atoms with Crippen LogP contribution >= 0.6 is 0 Å². The van der Waals surface area contributed by atoms with Gasteiger partial charge in [-0.2, -0.15) is 0 Å². The normalized spacial score (nSPS) is 16.1. The number of hydrogen-bond donors (Lipinski definition) is 1. The van der Waals surface area contributed by atoms with E-state index in [-0.39, 0.29) is 17.9 Å². The minimum absolute atomic E-state index is 0.0143. The molecule has 0 unspecified atom stereocenters. The smallest absolute Gasteiger partial charge is 0.295 e. The molecule has 1 aliphatic heterocycles. The van der Waals surface area contributed by atoms with Gasteiger partial charge in [-0.3, -0.25) is 14.6 Å². The SMILES string of the molecule is COc1ccc([C@H]2C(=C(O)c3ccc(OCc4cccc(C)c4)cc3)C(=O)C(=O)N2Cc2cccnc2)cc1OC. The van der Waals surface area contributed by atoms with Gasteiger partial charge in [-0.15, -0.1) is 0 Å². The molecule has 5 rings (SSSR count). The van der Waals surface area contributed by atoms with E-state index in [4.69, 9.17) is 14.2 Å². The number of carbonyl (C=O) groups excluding carboxylic acids is 2. The van der Waals surface area contributed by atoms with Crippen molar-refractivity contribution in [2.75, 3.05) is 14.2 Å². The number of ether oxygens (including phenoxy) is 3. The topological polar surface area (TPSA) is 98.2 Å². The Balaban J connectivity index is 1.51. The maximum Gasteiger partial charge on any atom is 0.295 e. The van der Waals surface area contributed by atoms with E-state index in [1.54, 1.807) is 60.9 Å². The molecule has 1 aliphatic rings. The van der Waals surface area contributed by atoms with E-state index in [0.717, 1.165) is 16.7 Å². The van der Waals surface area contributed by atoms with E-state index < -0.39 is 17.7 Å². The first-order valence-corrected chi connectivity index (χ1v) is 13.1. The maximum absolute atomic E-state index is 13.4. The van der Waals surface area contributed by atoms with Crippen molar-refractivity contribution in [1.29, 1.82) is 0 Å². The minimum atomic E-state index is -0.868. The molecule has 0 saturated carbocycles. The predicted octanol–water partition coefficient (Wildman–Crippen LogP) is 5.61. The quantitative estimate of drug-likeness (QED) is 0.164. The first-order chi connectivity index (χ1) is 19.9. The summed E-state index contributed by atoms with van der Waals surface area (Å²) in [5, 5.41) is 11.5. The summed E-state index contributed by atoms with van der Waals surface area (Å²) >= 11 is 0. The van der Waals surface area contributed by atoms with Crippen LogP contribution in [-0.2, 0) is 22.7 Å². The van der Waals surface area contributed by atoms with Gasteiger partial charge in [0.25, 0.3) is 11.7 Å². The summed E-state index contributed by atoms with van der Waals surface area (Å²) in [5.41, 5.74) is 3.90. The third kappa shape index (κ3) is 5.77. The summed E-state index contributed by atoms with van der Waals surface area (Å²) in [5.74, 6) is -0.216. The summed E-state index contributed by atoms with van der Waals surface area (Å²) in [6.45, 7) is 2.54. The molecule has 1 amide bonds. The largest absolute Gasteiger partial charge is 0.507 e. The summed E-state index contributed by atoms with van der Waals surface area (Å²) in [4.78, 5) is 32.4. The van der Waals surface area contributed by atoms with E-state index in [1.807, 2.05) is 31.2 Å². The molecule has 0 radical (unpaired) electrons. The van der Waals surface area contributed by atoms with E-state index >= 15 is 0 Å². The number of likely N-dealkylation sites (tertiary alicyclic amines) is 1. The van der Waals surface area contributed by atoms with Gasteiger partial charge < -0.3 is 24.2 Å². The monoisotopic (exact) mass is 550 g/mol. The van der Waals surface area contributed by atoms with Gasteiger partial charge in [0.2, 0.25) is 0 Å². The van der Waals surface area contributed by atoms with Gasteiger partial charge in [0, 0.05) is 24.5 Å². The number of aliphatic hydroxyl groups is 1. The van der Waals surface area contributed by atoms with Gasteiger partial charge in [-0.1, -0.05) is 42.0 Å². The summed E-state index contributed by atoms with van der Waals surface area (Å²) in [6.07, 6.45) is 3.28. The number of aromatic nitrogens is 1. The fourth-order valence-corrected chi connectivity index (χ4v) is 4.93. The van der Waals surface area contributed by atoms with E-state index in [1.165, 1.54) is 19.1 Å². The number of aryl methyl sites for hydroxylation is 1. The number of methoxy groups -OCH3 is 2. The molecule has 0 spiro atoms. The van der Waals surface area contributed by atoms with Crippen molar-refractivity contribution in [2.24, 2.45) is 0 Å². The van der Waals surface area contributed by atoms with Crippen LogP contribution < -0.4 is 14.2 Å². The zero-order valence-corrected chi connectivity index (χ0v) is 23.0. The molecular weight excluding hydrogens is 520 g/mol. The van der Waals surface area contributed by atoms with Gasteiger partial charge in [-0.05, 0) is 66.1 Å². The highest BCUT2D eigenvalue weighted by Gasteiger charge is 2.46. The lowest BCUT2D eigenvalue weighted by Crippen LogP contribution is -2.29. The Hall–Kier alpha value is -5.11. The second-order valence-electron chi connectivity index (χ2n) is 9.70. The third-order valence-corrected chi connectivity index (χ3v) is 6.95. The molecule has 1 atom stereocenters. The van der Waals surface area contributed by atoms with Gasteiger partial charge >= 0.3 is 0 Å². The van der Waals surface area contributed by atoms with Crippen LogP contribution in [0.5, 0.6) is 17.2 Å². The van der Waals surface area contributed by atoms with Crippen molar-refractivity contribution in [2.45, 2.75) is 26.1 Å². The second kappa shape index (κ2) is 12.0. The van der Waals surface area contributed by atoms with Crippen molar-refractivity contribution < 1.29 is 28.9 Å². The average molecular weight is 551 g/mol. The molecule has 3 aromatic carbocycles. The van der Waals surface area contributed by atoms with Gasteiger partial charge in [0.15, 0.2) is 11.5 Å². The Labute approximate surface area is 238 Å². The fraction of sp³-hybridized carbons (Fsp3) is 0.182. The second-order valence-corrected chi connectivity index (χ2v) is 9.70. The molecule has 1 fully saturated rings. The third-order valence-electron chi connectivity index (χ3n) is 6.95. The molecule has 1 saturated heterocycles. The molecule has 0 bridgehead atoms. The average Bonchev–Trinajstić information content (AvgIpc) is 3.25. The van der Waals surface area contributed by atoms with Crippen LogP contribution in [0.4, 0.5) is 0 Å². The highest BCUT2D eigenvalue weighted by molar-refractivity contribution is 6.46. The Morgan fingerprint density at radius 2 is 1.66 bits per heavy atom. The molecule has 8 heteroatoms. The number of pyridine rings is 1. The lowest BCUT2D eigenvalue weighted by Gasteiger charge is -2.26. The van der Waals surface area contributed by atoms with Gasteiger partial charge in [0.1, 0.15) is 18.1 Å². The first kappa shape index (κ1) is 27.5. The molecule has 2 heterocycles. The van der Waals surface area contributed by atoms with Gasteiger partial charge in [-0.25, -0.2) is 0 Å². The number of amides is 1. The lowest BCUT2D eigenvalue weighted by molar-refractivity contribution is -0.140. The standard InChI is InChI=1S/C33H30N2O6/c1-21-6-4-7-22(16-21)20-41-26-12-9-24(10-13-26)31(36)29-30(25-11-14-27(39-2)28(17-25)40-3)35(33(38)32(29)37)19-23-8-5-15-34-18-23/h4-18,30,36H,19-20H2,1-3H3/t30-/m0/s1. The summed E-state index contributed by atoms with van der Waals surface area (Å²) in [7, 11) is 3.04. The first-order valence-electron chi connectivity index (χ1n) is 13.1. The van der Waals surface area contributed by atoms with Crippen molar-refractivity contribution in [1.82, 2.24) is 9.88 Å². The number of rotatable bonds is 9. The fourth-order valence-electron chi connectivity index (χ4n) is 4.93. The molecule has 1 N–H and O–H groups in total. The maximum atomic E-state index is 13.4. The molecule has 41 heavy (non-hydrogen) atoms. The number of ketones is 1. The molecule has 1 aromatic heterocycles. The van der Waals surface area contributed by atoms with Crippen LogP contribution in [0.1, 0.15) is 33.9 Å². The Bertz CT molecular complexity index is 1600. The molecule has 208 valence electrons. The highest BCUT2D eigenvalue weighted by atomic mass is 16.5. The molecular formula is C33H30N2O6. The predicted molar refractivity (Wildman–Crippen MR) is 154 cm³/mol. The number of Topliss-reactive ketones (excluding diaryl/α,β-unsaturated/α-hetero) is 1. The van der Waals surface area contributed by atoms with Crippen molar-refractivity contribution >= 4 is 17.4 Å². The number of carbonyl (C=O) groups is 2. The molecule has 8 nitrogen and oxygen atoms in total. The lowest BCUT2D eigenvalue weighted by atomic mass is 9.94. The van der Waals surface area contributed by atoms with E-state index in [2.05, 4.69) is 11.1 Å². The van der Waals surface area contributed by atoms with Crippen LogP contribution in [0.2, 0.25) is 0 Å². The zero-order chi connectivity index (χ0) is 28.9. The van der Waals surface area contributed by atoms with Crippen molar-refractivity contribution in [3.63, 3.8) is 0 Å². The summed E-state index contributed by atoms with van der Waals surface area (Å²) < 4.78 is 16.8. The van der Waals surface area contributed by atoms with E-state index in [9.17, 15) is 14.7 Å². The van der Waals surface area contributed by atoms with Crippen molar-refractivity contribution in [3.8, 4) is 17.2 Å².